The van der Waals surface area contributed by atoms with Crippen LogP contribution in [-0.2, 0) is 15.3 Å². The van der Waals surface area contributed by atoms with Gasteiger partial charge in [0.15, 0.2) is 0 Å². The van der Waals surface area contributed by atoms with Crippen LogP contribution in [-0.4, -0.2) is 23.3 Å². The molecule has 3 rings (SSSR count). The lowest BCUT2D eigenvalue weighted by atomic mass is 10.1. The van der Waals surface area contributed by atoms with Crippen LogP contribution in [0.15, 0.2) is 58.6 Å². The van der Waals surface area contributed by atoms with Gasteiger partial charge in [0.1, 0.15) is 5.76 Å². The maximum absolute atomic E-state index is 12.8. The summed E-state index contributed by atoms with van der Waals surface area (Å²) >= 11 is 13.4. The number of hydrogen-bond donors (Lipinski definition) is 0. The van der Waals surface area contributed by atoms with Gasteiger partial charge in [0.05, 0.1) is 27.5 Å². The van der Waals surface area contributed by atoms with Crippen LogP contribution in [0.4, 0.5) is 0 Å². The minimum Gasteiger partial charge on any atom is -0.468 e. The molecule has 0 saturated heterocycles. The third kappa shape index (κ3) is 3.54. The van der Waals surface area contributed by atoms with Gasteiger partial charge >= 0.3 is 0 Å². The molecular weight excluding hydrogens is 381 g/mol. The Hall–Kier alpha value is -1.95. The van der Waals surface area contributed by atoms with E-state index in [9.17, 15) is 9.59 Å². The number of thioether (sulfide) groups is 1. The van der Waals surface area contributed by atoms with Crippen LogP contribution in [0.2, 0.25) is 10.0 Å². The van der Waals surface area contributed by atoms with Gasteiger partial charge in [-0.05, 0) is 24.3 Å². The van der Waals surface area contributed by atoms with Crippen LogP contribution in [0, 0.1) is 0 Å². The van der Waals surface area contributed by atoms with Crippen molar-refractivity contribution in [1.82, 2.24) is 4.90 Å². The minimum absolute atomic E-state index is 0.136. The number of nitrogens with zero attached hydrogens (tertiary/aromatic N) is 1. The molecule has 1 aliphatic heterocycles. The van der Waals surface area contributed by atoms with E-state index in [2.05, 4.69) is 6.58 Å². The smallest absolute Gasteiger partial charge is 0.268 e. The van der Waals surface area contributed by atoms with Crippen LogP contribution in [0.5, 0.6) is 0 Å². The maximum atomic E-state index is 12.8. The molecule has 0 atom stereocenters. The molecule has 0 fully saturated rings. The molecule has 4 nitrogen and oxygen atoms in total. The molecule has 1 aromatic heterocycles. The molecule has 0 aliphatic carbocycles. The van der Waals surface area contributed by atoms with Crippen LogP contribution in [0.3, 0.4) is 0 Å². The molecule has 0 bridgehead atoms. The Bertz CT molecular complexity index is 874. The number of halogens is 2. The Morgan fingerprint density at radius 1 is 1.20 bits per heavy atom. The molecule has 128 valence electrons. The second kappa shape index (κ2) is 7.52. The van der Waals surface area contributed by atoms with E-state index < -0.39 is 5.91 Å². The van der Waals surface area contributed by atoms with Gasteiger partial charge in [0.25, 0.3) is 11.8 Å². The number of imide groups is 1. The standard InChI is InChI=1S/C18H13Cl2NO3S/c1-2-7-21-17(22)15(13-6-5-11(19)9-14(13)20)16(18(21)23)25-10-12-4-3-8-24-12/h2-6,8-9H,1,7,10H2. The predicted octanol–water partition coefficient (Wildman–Crippen LogP) is 4.79. The van der Waals surface area contributed by atoms with Gasteiger partial charge in [-0.2, -0.15) is 0 Å². The summed E-state index contributed by atoms with van der Waals surface area (Å²) in [6.07, 6.45) is 3.07. The molecule has 0 radical (unpaired) electrons. The molecule has 0 N–H and O–H groups in total. The molecule has 2 heterocycles. The summed E-state index contributed by atoms with van der Waals surface area (Å²) in [4.78, 5) is 27.0. The first-order chi connectivity index (χ1) is 12.0. The zero-order valence-corrected chi connectivity index (χ0v) is 15.3. The van der Waals surface area contributed by atoms with Crippen molar-refractivity contribution >= 4 is 52.4 Å². The van der Waals surface area contributed by atoms with Crippen LogP contribution in [0.1, 0.15) is 11.3 Å². The average Bonchev–Trinajstić information content (AvgIpc) is 3.16. The van der Waals surface area contributed by atoms with E-state index in [-0.39, 0.29) is 18.0 Å². The van der Waals surface area contributed by atoms with Gasteiger partial charge in [-0.15, -0.1) is 18.3 Å². The van der Waals surface area contributed by atoms with E-state index in [0.717, 1.165) is 4.90 Å². The molecule has 1 aromatic carbocycles. The largest absolute Gasteiger partial charge is 0.468 e. The van der Waals surface area contributed by atoms with E-state index >= 15 is 0 Å². The van der Waals surface area contributed by atoms with Gasteiger partial charge in [-0.25, -0.2) is 0 Å². The maximum Gasteiger partial charge on any atom is 0.268 e. The number of furan rings is 1. The molecule has 25 heavy (non-hydrogen) atoms. The van der Waals surface area contributed by atoms with Crippen LogP contribution in [0.25, 0.3) is 5.57 Å². The number of rotatable bonds is 6. The molecule has 1 aliphatic rings. The molecule has 7 heteroatoms. The van der Waals surface area contributed by atoms with E-state index in [1.54, 1.807) is 30.5 Å². The quantitative estimate of drug-likeness (QED) is 0.523. The number of amides is 2. The zero-order valence-electron chi connectivity index (χ0n) is 13.0. The number of benzene rings is 1. The van der Waals surface area contributed by atoms with Crippen molar-refractivity contribution in [2.75, 3.05) is 6.54 Å². The second-order valence-corrected chi connectivity index (χ2v) is 7.04. The van der Waals surface area contributed by atoms with Gasteiger partial charge in [-0.1, -0.05) is 35.3 Å². The van der Waals surface area contributed by atoms with Crippen molar-refractivity contribution in [1.29, 1.82) is 0 Å². The fraction of sp³-hybridized carbons (Fsp3) is 0.111. The van der Waals surface area contributed by atoms with Gasteiger partial charge < -0.3 is 4.42 Å². The number of carbonyl (C=O) groups excluding carboxylic acids is 2. The lowest BCUT2D eigenvalue weighted by Crippen LogP contribution is -2.31. The Morgan fingerprint density at radius 2 is 2.00 bits per heavy atom. The van der Waals surface area contributed by atoms with Crippen molar-refractivity contribution < 1.29 is 14.0 Å². The normalized spacial score (nSPS) is 14.6. The lowest BCUT2D eigenvalue weighted by Gasteiger charge is -2.12. The van der Waals surface area contributed by atoms with Crippen molar-refractivity contribution in [2.45, 2.75) is 5.75 Å². The van der Waals surface area contributed by atoms with E-state index in [1.807, 2.05) is 6.07 Å². The summed E-state index contributed by atoms with van der Waals surface area (Å²) in [7, 11) is 0. The monoisotopic (exact) mass is 393 g/mol. The Labute approximate surface area is 159 Å². The first-order valence-electron chi connectivity index (χ1n) is 7.35. The van der Waals surface area contributed by atoms with Gasteiger partial charge in [0, 0.05) is 17.1 Å². The first kappa shape index (κ1) is 17.9. The highest BCUT2D eigenvalue weighted by Gasteiger charge is 2.39. The van der Waals surface area contributed by atoms with Crippen molar-refractivity contribution in [2.24, 2.45) is 0 Å². The van der Waals surface area contributed by atoms with Crippen molar-refractivity contribution in [3.63, 3.8) is 0 Å². The third-order valence-electron chi connectivity index (χ3n) is 3.58. The average molecular weight is 394 g/mol. The van der Waals surface area contributed by atoms with Crippen LogP contribution < -0.4 is 0 Å². The summed E-state index contributed by atoms with van der Waals surface area (Å²) in [6, 6.07) is 8.42. The van der Waals surface area contributed by atoms with E-state index in [1.165, 1.54) is 17.8 Å². The second-order valence-electron chi connectivity index (χ2n) is 5.21. The Kier molecular flexibility index (Phi) is 5.37. The van der Waals surface area contributed by atoms with Crippen LogP contribution >= 0.6 is 35.0 Å². The summed E-state index contributed by atoms with van der Waals surface area (Å²) in [5.74, 6) is 0.387. The first-order valence-corrected chi connectivity index (χ1v) is 9.09. The van der Waals surface area contributed by atoms with E-state index in [4.69, 9.17) is 27.6 Å². The molecule has 0 spiro atoms. The third-order valence-corrected chi connectivity index (χ3v) is 5.22. The summed E-state index contributed by atoms with van der Waals surface area (Å²) in [6.45, 7) is 3.74. The lowest BCUT2D eigenvalue weighted by molar-refractivity contribution is -0.135. The summed E-state index contributed by atoms with van der Waals surface area (Å²) < 4.78 is 5.30. The zero-order chi connectivity index (χ0) is 18.0. The van der Waals surface area contributed by atoms with Gasteiger partial charge in [-0.3, -0.25) is 14.5 Å². The summed E-state index contributed by atoms with van der Waals surface area (Å²) in [5, 5.41) is 0.777. The Morgan fingerprint density at radius 3 is 2.64 bits per heavy atom. The summed E-state index contributed by atoms with van der Waals surface area (Å²) in [5.41, 5.74) is 0.767. The fourth-order valence-corrected chi connectivity index (χ4v) is 3.98. The highest BCUT2D eigenvalue weighted by Crippen LogP contribution is 2.40. The molecule has 2 aromatic rings. The molecule has 2 amide bonds. The highest BCUT2D eigenvalue weighted by atomic mass is 35.5. The Balaban J connectivity index is 2.03. The molecular formula is C18H13Cl2NO3S. The SMILES string of the molecule is C=CCN1C(=O)C(SCc2ccco2)=C(c2ccc(Cl)cc2Cl)C1=O. The minimum atomic E-state index is -0.393. The number of carbonyl (C=O) groups is 2. The topological polar surface area (TPSA) is 50.5 Å². The van der Waals surface area contributed by atoms with Gasteiger partial charge in [0.2, 0.25) is 0 Å². The van der Waals surface area contributed by atoms with Crippen molar-refractivity contribution in [3.05, 3.63) is 75.5 Å². The highest BCUT2D eigenvalue weighted by molar-refractivity contribution is 8.03. The fourth-order valence-electron chi connectivity index (χ4n) is 2.45. The molecule has 0 saturated carbocycles. The predicted molar refractivity (Wildman–Crippen MR) is 100 cm³/mol. The van der Waals surface area contributed by atoms with Crippen molar-refractivity contribution in [3.8, 4) is 0 Å². The van der Waals surface area contributed by atoms with E-state index in [0.29, 0.717) is 32.0 Å². The number of hydrogen-bond acceptors (Lipinski definition) is 4. The molecule has 0 unspecified atom stereocenters.